The van der Waals surface area contributed by atoms with Crippen molar-refractivity contribution in [2.45, 2.75) is 20.4 Å². The van der Waals surface area contributed by atoms with E-state index in [-0.39, 0.29) is 5.91 Å². The summed E-state index contributed by atoms with van der Waals surface area (Å²) in [6.45, 7) is 8.05. The van der Waals surface area contributed by atoms with Gasteiger partial charge in [-0.15, -0.1) is 0 Å². The van der Waals surface area contributed by atoms with Crippen molar-refractivity contribution in [3.8, 4) is 0 Å². The molecule has 0 saturated heterocycles. The molecule has 1 aromatic rings. The molecule has 1 amide bonds. The highest BCUT2D eigenvalue weighted by Crippen LogP contribution is 2.08. The fourth-order valence-electron chi connectivity index (χ4n) is 1.43. The lowest BCUT2D eigenvalue weighted by Gasteiger charge is -2.05. The molecular formula is C12H15NO. The second kappa shape index (κ2) is 4.61. The van der Waals surface area contributed by atoms with Crippen LogP contribution in [-0.2, 0) is 11.3 Å². The van der Waals surface area contributed by atoms with Gasteiger partial charge in [-0.05, 0) is 25.5 Å². The first-order valence-corrected chi connectivity index (χ1v) is 4.59. The predicted molar refractivity (Wildman–Crippen MR) is 58.0 cm³/mol. The van der Waals surface area contributed by atoms with Crippen LogP contribution in [0.3, 0.4) is 0 Å². The number of amides is 1. The number of nitrogens with one attached hydrogen (secondary N) is 1. The van der Waals surface area contributed by atoms with Crippen LogP contribution >= 0.6 is 0 Å². The Morgan fingerprint density at radius 2 is 1.93 bits per heavy atom. The molecule has 2 nitrogen and oxygen atoms in total. The van der Waals surface area contributed by atoms with Crippen LogP contribution in [0, 0.1) is 13.8 Å². The summed E-state index contributed by atoms with van der Waals surface area (Å²) in [5.41, 5.74) is 3.55. The lowest BCUT2D eigenvalue weighted by Crippen LogP contribution is -2.19. The zero-order chi connectivity index (χ0) is 10.6. The number of benzene rings is 1. The highest BCUT2D eigenvalue weighted by molar-refractivity contribution is 5.86. The second-order valence-electron chi connectivity index (χ2n) is 3.42. The molecule has 0 aliphatic heterocycles. The van der Waals surface area contributed by atoms with Crippen molar-refractivity contribution in [1.82, 2.24) is 5.32 Å². The third-order valence-corrected chi connectivity index (χ3v) is 1.93. The molecule has 0 aromatic heterocycles. The van der Waals surface area contributed by atoms with Gasteiger partial charge in [0, 0.05) is 6.54 Å². The standard InChI is InChI=1S/C12H15NO/c1-4-12(14)13-8-11-6-9(2)5-10(3)7-11/h4-7H,1,8H2,2-3H3,(H,13,14). The minimum absolute atomic E-state index is 0.135. The van der Waals surface area contributed by atoms with Gasteiger partial charge in [0.25, 0.3) is 0 Å². The summed E-state index contributed by atoms with van der Waals surface area (Å²) in [6, 6.07) is 6.24. The summed E-state index contributed by atoms with van der Waals surface area (Å²) in [4.78, 5) is 10.9. The summed E-state index contributed by atoms with van der Waals surface area (Å²) in [7, 11) is 0. The predicted octanol–water partition coefficient (Wildman–Crippen LogP) is 2.11. The number of hydrogen-bond donors (Lipinski definition) is 1. The summed E-state index contributed by atoms with van der Waals surface area (Å²) in [5, 5.41) is 2.75. The van der Waals surface area contributed by atoms with Gasteiger partial charge in [-0.25, -0.2) is 0 Å². The number of carbonyl (C=O) groups is 1. The molecule has 0 radical (unpaired) electrons. The van der Waals surface area contributed by atoms with Crippen LogP contribution in [0.4, 0.5) is 0 Å². The molecule has 74 valence electrons. The third kappa shape index (κ3) is 3.05. The molecule has 0 heterocycles. The van der Waals surface area contributed by atoms with Gasteiger partial charge in [0.2, 0.25) is 5.91 Å². The quantitative estimate of drug-likeness (QED) is 0.725. The molecule has 1 aromatic carbocycles. The van der Waals surface area contributed by atoms with E-state index in [0.29, 0.717) is 6.54 Å². The van der Waals surface area contributed by atoms with Crippen LogP contribution in [0.5, 0.6) is 0 Å². The van der Waals surface area contributed by atoms with E-state index in [1.165, 1.54) is 17.2 Å². The summed E-state index contributed by atoms with van der Waals surface area (Å²) < 4.78 is 0. The zero-order valence-corrected chi connectivity index (χ0v) is 8.63. The van der Waals surface area contributed by atoms with Crippen molar-refractivity contribution in [3.05, 3.63) is 47.5 Å². The van der Waals surface area contributed by atoms with Crippen LogP contribution in [-0.4, -0.2) is 5.91 Å². The van der Waals surface area contributed by atoms with Crippen molar-refractivity contribution >= 4 is 5.91 Å². The highest BCUT2D eigenvalue weighted by atomic mass is 16.1. The number of hydrogen-bond acceptors (Lipinski definition) is 1. The first kappa shape index (κ1) is 10.5. The Hall–Kier alpha value is -1.57. The number of carbonyl (C=O) groups excluding carboxylic acids is 1. The Bertz CT molecular complexity index is 335. The van der Waals surface area contributed by atoms with E-state index in [4.69, 9.17) is 0 Å². The minimum atomic E-state index is -0.135. The van der Waals surface area contributed by atoms with Crippen LogP contribution in [0.1, 0.15) is 16.7 Å². The van der Waals surface area contributed by atoms with Gasteiger partial charge in [0.1, 0.15) is 0 Å². The third-order valence-electron chi connectivity index (χ3n) is 1.93. The van der Waals surface area contributed by atoms with Gasteiger partial charge in [-0.1, -0.05) is 35.9 Å². The summed E-state index contributed by atoms with van der Waals surface area (Å²) >= 11 is 0. The first-order chi connectivity index (χ1) is 6.61. The average molecular weight is 189 g/mol. The largest absolute Gasteiger partial charge is 0.348 e. The molecule has 0 spiro atoms. The van der Waals surface area contributed by atoms with E-state index < -0.39 is 0 Å². The van der Waals surface area contributed by atoms with Gasteiger partial charge < -0.3 is 5.32 Å². The van der Waals surface area contributed by atoms with E-state index in [1.807, 2.05) is 13.8 Å². The monoisotopic (exact) mass is 189 g/mol. The smallest absolute Gasteiger partial charge is 0.243 e. The zero-order valence-electron chi connectivity index (χ0n) is 8.63. The molecule has 0 aliphatic carbocycles. The Kier molecular flexibility index (Phi) is 3.46. The first-order valence-electron chi connectivity index (χ1n) is 4.59. The Morgan fingerprint density at radius 1 is 1.36 bits per heavy atom. The molecule has 0 bridgehead atoms. The van der Waals surface area contributed by atoms with Gasteiger partial charge in [-0.2, -0.15) is 0 Å². The maximum atomic E-state index is 10.9. The Labute approximate surface area is 84.6 Å². The Balaban J connectivity index is 2.67. The molecule has 2 heteroatoms. The lowest BCUT2D eigenvalue weighted by atomic mass is 10.1. The minimum Gasteiger partial charge on any atom is -0.348 e. The van der Waals surface area contributed by atoms with Crippen LogP contribution in [0.2, 0.25) is 0 Å². The van der Waals surface area contributed by atoms with Gasteiger partial charge in [-0.3, -0.25) is 4.79 Å². The Morgan fingerprint density at radius 3 is 2.43 bits per heavy atom. The molecule has 0 atom stereocenters. The molecule has 0 fully saturated rings. The lowest BCUT2D eigenvalue weighted by molar-refractivity contribution is -0.116. The summed E-state index contributed by atoms with van der Waals surface area (Å²) in [6.07, 6.45) is 1.28. The number of rotatable bonds is 3. The average Bonchev–Trinajstić information content (AvgIpc) is 2.12. The van der Waals surface area contributed by atoms with Gasteiger partial charge in [0.15, 0.2) is 0 Å². The molecule has 1 rings (SSSR count). The summed E-state index contributed by atoms with van der Waals surface area (Å²) in [5.74, 6) is -0.135. The fraction of sp³-hybridized carbons (Fsp3) is 0.250. The van der Waals surface area contributed by atoms with Crippen LogP contribution in [0.25, 0.3) is 0 Å². The molecule has 0 unspecified atom stereocenters. The topological polar surface area (TPSA) is 29.1 Å². The molecule has 1 N–H and O–H groups in total. The van der Waals surface area contributed by atoms with E-state index in [9.17, 15) is 4.79 Å². The SMILES string of the molecule is C=CC(=O)NCc1cc(C)cc(C)c1. The normalized spacial score (nSPS) is 9.57. The van der Waals surface area contributed by atoms with Crippen molar-refractivity contribution in [2.75, 3.05) is 0 Å². The highest BCUT2D eigenvalue weighted by Gasteiger charge is 1.97. The van der Waals surface area contributed by atoms with E-state index in [1.54, 1.807) is 0 Å². The molecular weight excluding hydrogens is 174 g/mol. The fourth-order valence-corrected chi connectivity index (χ4v) is 1.43. The van der Waals surface area contributed by atoms with Crippen molar-refractivity contribution < 1.29 is 4.79 Å². The van der Waals surface area contributed by atoms with E-state index >= 15 is 0 Å². The maximum absolute atomic E-state index is 10.9. The maximum Gasteiger partial charge on any atom is 0.243 e. The van der Waals surface area contributed by atoms with E-state index in [0.717, 1.165) is 5.56 Å². The molecule has 0 saturated carbocycles. The van der Waals surface area contributed by atoms with Gasteiger partial charge in [0.05, 0.1) is 0 Å². The van der Waals surface area contributed by atoms with Crippen molar-refractivity contribution in [3.63, 3.8) is 0 Å². The van der Waals surface area contributed by atoms with E-state index in [2.05, 4.69) is 30.1 Å². The molecule has 14 heavy (non-hydrogen) atoms. The van der Waals surface area contributed by atoms with Crippen molar-refractivity contribution in [1.29, 1.82) is 0 Å². The molecule has 0 aliphatic rings. The second-order valence-corrected chi connectivity index (χ2v) is 3.42. The van der Waals surface area contributed by atoms with Crippen LogP contribution < -0.4 is 5.32 Å². The van der Waals surface area contributed by atoms with Crippen LogP contribution in [0.15, 0.2) is 30.9 Å². The number of aryl methyl sites for hydroxylation is 2. The van der Waals surface area contributed by atoms with Crippen molar-refractivity contribution in [2.24, 2.45) is 0 Å². The van der Waals surface area contributed by atoms with Gasteiger partial charge >= 0.3 is 0 Å².